The second kappa shape index (κ2) is 6.39. The Hall–Kier alpha value is -3.39. The third-order valence-electron chi connectivity index (χ3n) is 3.68. The number of hydrogen-bond donors (Lipinski definition) is 1. The SMILES string of the molecule is COc1nc(-c2ccccc2N)cc(-c2ccc(F)cc2)c1C#N. The molecule has 24 heavy (non-hydrogen) atoms. The van der Waals surface area contributed by atoms with Crippen molar-refractivity contribution in [3.63, 3.8) is 0 Å². The molecule has 1 heterocycles. The molecular weight excluding hydrogens is 305 g/mol. The Bertz CT molecular complexity index is 930. The number of nitrogen functional groups attached to an aromatic ring is 1. The van der Waals surface area contributed by atoms with E-state index >= 15 is 0 Å². The average molecular weight is 319 g/mol. The second-order valence-electron chi connectivity index (χ2n) is 5.15. The molecule has 0 aliphatic heterocycles. The number of aromatic nitrogens is 1. The molecule has 0 bridgehead atoms. The maximum absolute atomic E-state index is 13.2. The fourth-order valence-electron chi connectivity index (χ4n) is 2.50. The lowest BCUT2D eigenvalue weighted by molar-refractivity contribution is 0.397. The van der Waals surface area contributed by atoms with Gasteiger partial charge in [-0.1, -0.05) is 30.3 Å². The zero-order valence-electron chi connectivity index (χ0n) is 13.0. The molecule has 0 spiro atoms. The number of rotatable bonds is 3. The van der Waals surface area contributed by atoms with Crippen molar-refractivity contribution in [2.45, 2.75) is 0 Å². The summed E-state index contributed by atoms with van der Waals surface area (Å²) >= 11 is 0. The molecule has 5 heteroatoms. The fourth-order valence-corrected chi connectivity index (χ4v) is 2.50. The molecule has 0 saturated heterocycles. The van der Waals surface area contributed by atoms with Crippen LogP contribution in [-0.4, -0.2) is 12.1 Å². The molecule has 0 aliphatic rings. The average Bonchev–Trinajstić information content (AvgIpc) is 2.61. The van der Waals surface area contributed by atoms with Crippen LogP contribution in [0.2, 0.25) is 0 Å². The van der Waals surface area contributed by atoms with Gasteiger partial charge >= 0.3 is 0 Å². The molecule has 2 N–H and O–H groups in total. The number of ether oxygens (including phenoxy) is 1. The minimum Gasteiger partial charge on any atom is -0.480 e. The van der Waals surface area contributed by atoms with E-state index in [1.165, 1.54) is 19.2 Å². The lowest BCUT2D eigenvalue weighted by Gasteiger charge is -2.12. The zero-order chi connectivity index (χ0) is 17.1. The standard InChI is InChI=1S/C19H14FN3O/c1-24-19-16(11-21)15(12-6-8-13(20)9-7-12)10-18(23-19)14-4-2-3-5-17(14)22/h2-10H,22H2,1H3. The first-order chi connectivity index (χ1) is 11.6. The summed E-state index contributed by atoms with van der Waals surface area (Å²) in [6, 6.07) is 17.1. The molecule has 0 aliphatic carbocycles. The van der Waals surface area contributed by atoms with Crippen molar-refractivity contribution in [1.29, 1.82) is 5.26 Å². The first-order valence-electron chi connectivity index (χ1n) is 7.24. The molecule has 1 aromatic heterocycles. The molecule has 2 aromatic carbocycles. The van der Waals surface area contributed by atoms with E-state index in [0.29, 0.717) is 28.1 Å². The number of hydrogen-bond acceptors (Lipinski definition) is 4. The number of anilines is 1. The number of nitrogens with two attached hydrogens (primary N) is 1. The second-order valence-corrected chi connectivity index (χ2v) is 5.15. The van der Waals surface area contributed by atoms with Crippen LogP contribution < -0.4 is 10.5 Å². The smallest absolute Gasteiger partial charge is 0.232 e. The van der Waals surface area contributed by atoms with Crippen LogP contribution in [0, 0.1) is 17.1 Å². The summed E-state index contributed by atoms with van der Waals surface area (Å²) in [5.74, 6) is -0.136. The van der Waals surface area contributed by atoms with Crippen LogP contribution in [0.3, 0.4) is 0 Å². The van der Waals surface area contributed by atoms with Gasteiger partial charge in [-0.25, -0.2) is 9.37 Å². The van der Waals surface area contributed by atoms with Crippen LogP contribution in [0.25, 0.3) is 22.4 Å². The van der Waals surface area contributed by atoms with Gasteiger partial charge in [-0.05, 0) is 29.8 Å². The number of nitrogens with zero attached hydrogens (tertiary/aromatic N) is 2. The summed E-state index contributed by atoms with van der Waals surface area (Å²) in [6.45, 7) is 0. The molecule has 0 amide bonds. The Morgan fingerprint density at radius 2 is 1.79 bits per heavy atom. The number of para-hydroxylation sites is 1. The zero-order valence-corrected chi connectivity index (χ0v) is 13.0. The van der Waals surface area contributed by atoms with Gasteiger partial charge in [-0.2, -0.15) is 5.26 Å². The van der Waals surface area contributed by atoms with Crippen molar-refractivity contribution in [2.24, 2.45) is 0 Å². The predicted octanol–water partition coefficient (Wildman–Crippen LogP) is 4.02. The highest BCUT2D eigenvalue weighted by molar-refractivity contribution is 5.81. The Morgan fingerprint density at radius 3 is 2.42 bits per heavy atom. The van der Waals surface area contributed by atoms with Crippen molar-refractivity contribution >= 4 is 5.69 Å². The van der Waals surface area contributed by atoms with Gasteiger partial charge in [-0.3, -0.25) is 0 Å². The molecule has 0 unspecified atom stereocenters. The van der Waals surface area contributed by atoms with E-state index in [1.54, 1.807) is 24.3 Å². The van der Waals surface area contributed by atoms with Gasteiger partial charge in [0.05, 0.1) is 12.8 Å². The quantitative estimate of drug-likeness (QED) is 0.740. The number of benzene rings is 2. The molecule has 0 radical (unpaired) electrons. The normalized spacial score (nSPS) is 10.2. The van der Waals surface area contributed by atoms with Crippen LogP contribution in [-0.2, 0) is 0 Å². The van der Waals surface area contributed by atoms with Gasteiger partial charge in [0.2, 0.25) is 5.88 Å². The van der Waals surface area contributed by atoms with Gasteiger partial charge in [0.25, 0.3) is 0 Å². The fraction of sp³-hybridized carbons (Fsp3) is 0.0526. The van der Waals surface area contributed by atoms with Crippen molar-refractivity contribution in [2.75, 3.05) is 12.8 Å². The van der Waals surface area contributed by atoms with E-state index in [2.05, 4.69) is 11.1 Å². The van der Waals surface area contributed by atoms with Gasteiger partial charge in [0.15, 0.2) is 0 Å². The molecule has 0 fully saturated rings. The molecule has 0 saturated carbocycles. The van der Waals surface area contributed by atoms with Crippen LogP contribution in [0.5, 0.6) is 5.88 Å². The van der Waals surface area contributed by atoms with Crippen molar-refractivity contribution in [3.05, 3.63) is 66.0 Å². The molecule has 3 rings (SSSR count). The molecule has 118 valence electrons. The highest BCUT2D eigenvalue weighted by Crippen LogP contribution is 2.34. The molecule has 4 nitrogen and oxygen atoms in total. The highest BCUT2D eigenvalue weighted by atomic mass is 19.1. The van der Waals surface area contributed by atoms with E-state index in [0.717, 1.165) is 5.56 Å². The number of methoxy groups -OCH3 is 1. The molecule has 3 aromatic rings. The lowest BCUT2D eigenvalue weighted by Crippen LogP contribution is -1.99. The molecular formula is C19H14FN3O. The van der Waals surface area contributed by atoms with Crippen LogP contribution >= 0.6 is 0 Å². The number of halogens is 1. The van der Waals surface area contributed by atoms with Crippen LogP contribution in [0.4, 0.5) is 10.1 Å². The topological polar surface area (TPSA) is 71.9 Å². The maximum atomic E-state index is 13.2. The Balaban J connectivity index is 2.28. The Kier molecular flexibility index (Phi) is 4.13. The third-order valence-corrected chi connectivity index (χ3v) is 3.68. The van der Waals surface area contributed by atoms with E-state index in [9.17, 15) is 9.65 Å². The van der Waals surface area contributed by atoms with Crippen LogP contribution in [0.1, 0.15) is 5.56 Å². The summed E-state index contributed by atoms with van der Waals surface area (Å²) in [5.41, 5.74) is 9.53. The first kappa shape index (κ1) is 15.5. The lowest BCUT2D eigenvalue weighted by atomic mass is 9.98. The minimum absolute atomic E-state index is 0.206. The van der Waals surface area contributed by atoms with Crippen molar-refractivity contribution in [3.8, 4) is 34.3 Å². The van der Waals surface area contributed by atoms with Crippen LogP contribution in [0.15, 0.2) is 54.6 Å². The van der Waals surface area contributed by atoms with E-state index < -0.39 is 0 Å². The van der Waals surface area contributed by atoms with E-state index in [-0.39, 0.29) is 11.7 Å². The summed E-state index contributed by atoms with van der Waals surface area (Å²) in [5, 5.41) is 9.49. The Labute approximate surface area is 139 Å². The monoisotopic (exact) mass is 319 g/mol. The minimum atomic E-state index is -0.342. The summed E-state index contributed by atoms with van der Waals surface area (Å²) < 4.78 is 18.5. The number of nitriles is 1. The van der Waals surface area contributed by atoms with Crippen molar-refractivity contribution in [1.82, 2.24) is 4.98 Å². The predicted molar refractivity (Wildman–Crippen MR) is 90.7 cm³/mol. The van der Waals surface area contributed by atoms with Gasteiger partial charge < -0.3 is 10.5 Å². The summed E-state index contributed by atoms with van der Waals surface area (Å²) in [6.07, 6.45) is 0. The van der Waals surface area contributed by atoms with Gasteiger partial charge in [0.1, 0.15) is 17.4 Å². The van der Waals surface area contributed by atoms with E-state index in [1.807, 2.05) is 18.2 Å². The highest BCUT2D eigenvalue weighted by Gasteiger charge is 2.16. The van der Waals surface area contributed by atoms with Gasteiger partial charge in [-0.15, -0.1) is 0 Å². The Morgan fingerprint density at radius 1 is 1.08 bits per heavy atom. The van der Waals surface area contributed by atoms with Gasteiger partial charge in [0, 0.05) is 16.8 Å². The largest absolute Gasteiger partial charge is 0.480 e. The summed E-state index contributed by atoms with van der Waals surface area (Å²) in [4.78, 5) is 4.40. The maximum Gasteiger partial charge on any atom is 0.232 e. The van der Waals surface area contributed by atoms with E-state index in [4.69, 9.17) is 10.5 Å². The molecule has 0 atom stereocenters. The summed E-state index contributed by atoms with van der Waals surface area (Å²) in [7, 11) is 1.45. The third kappa shape index (κ3) is 2.77. The van der Waals surface area contributed by atoms with Crippen molar-refractivity contribution < 1.29 is 9.13 Å². The number of pyridine rings is 1. The first-order valence-corrected chi connectivity index (χ1v) is 7.24.